The van der Waals surface area contributed by atoms with Gasteiger partial charge in [-0.3, -0.25) is 4.90 Å². The van der Waals surface area contributed by atoms with Gasteiger partial charge in [0.05, 0.1) is 6.61 Å². The first-order valence-corrected chi connectivity index (χ1v) is 9.65. The van der Waals surface area contributed by atoms with Gasteiger partial charge in [-0.05, 0) is 24.6 Å². The fourth-order valence-electron chi connectivity index (χ4n) is 3.52. The number of ether oxygens (including phenoxy) is 3. The summed E-state index contributed by atoms with van der Waals surface area (Å²) in [6.07, 6.45) is 0. The van der Waals surface area contributed by atoms with Gasteiger partial charge in [-0.25, -0.2) is 9.97 Å². The van der Waals surface area contributed by atoms with E-state index in [1.807, 2.05) is 19.1 Å². The molecule has 0 unspecified atom stereocenters. The highest BCUT2D eigenvalue weighted by Crippen LogP contribution is 2.33. The second kappa shape index (κ2) is 8.62. The maximum atomic E-state index is 5.48. The van der Waals surface area contributed by atoms with Gasteiger partial charge in [-0.1, -0.05) is 6.07 Å². The largest absolute Gasteiger partial charge is 0.454 e. The lowest BCUT2D eigenvalue weighted by atomic mass is 10.1. The summed E-state index contributed by atoms with van der Waals surface area (Å²) in [6, 6.07) is 8.22. The summed E-state index contributed by atoms with van der Waals surface area (Å²) in [4.78, 5) is 13.9. The summed E-state index contributed by atoms with van der Waals surface area (Å²) in [5.74, 6) is 4.29. The van der Waals surface area contributed by atoms with Crippen LogP contribution in [0, 0.1) is 6.92 Å². The van der Waals surface area contributed by atoms with Crippen LogP contribution >= 0.6 is 0 Å². The van der Waals surface area contributed by atoms with E-state index in [-0.39, 0.29) is 0 Å². The fourth-order valence-corrected chi connectivity index (χ4v) is 3.52. The molecule has 150 valence electrons. The first-order valence-electron chi connectivity index (χ1n) is 9.65. The van der Waals surface area contributed by atoms with E-state index < -0.39 is 0 Å². The standard InChI is InChI=1S/C20H27N5O3/c1-15-22-19(21-5-10-26-2)12-20(23-15)25-8-6-24(7-9-25)13-16-3-4-17-18(11-16)28-14-27-17/h3-4,11-12H,5-10,13-14H2,1-2H3,(H,21,22,23). The van der Waals surface area contributed by atoms with Crippen LogP contribution in [0.25, 0.3) is 0 Å². The van der Waals surface area contributed by atoms with Gasteiger partial charge < -0.3 is 24.4 Å². The van der Waals surface area contributed by atoms with Gasteiger partial charge in [-0.15, -0.1) is 0 Å². The molecule has 2 aromatic rings. The zero-order valence-corrected chi connectivity index (χ0v) is 16.5. The van der Waals surface area contributed by atoms with E-state index in [9.17, 15) is 0 Å². The Morgan fingerprint density at radius 1 is 1.07 bits per heavy atom. The number of hydrogen-bond acceptors (Lipinski definition) is 8. The molecule has 1 aromatic heterocycles. The van der Waals surface area contributed by atoms with Crippen LogP contribution in [0.1, 0.15) is 11.4 Å². The maximum absolute atomic E-state index is 5.48. The minimum atomic E-state index is 0.318. The Hall–Kier alpha value is -2.58. The molecule has 0 saturated carbocycles. The number of fused-ring (bicyclic) bond motifs is 1. The fraction of sp³-hybridized carbons (Fsp3) is 0.500. The van der Waals surface area contributed by atoms with Crippen molar-refractivity contribution in [1.82, 2.24) is 14.9 Å². The molecule has 0 atom stereocenters. The van der Waals surface area contributed by atoms with Crippen molar-refractivity contribution >= 4 is 11.6 Å². The average molecular weight is 385 g/mol. The summed E-state index contributed by atoms with van der Waals surface area (Å²) < 4.78 is 16.0. The lowest BCUT2D eigenvalue weighted by Crippen LogP contribution is -2.46. The molecule has 8 heteroatoms. The van der Waals surface area contributed by atoms with Crippen molar-refractivity contribution in [3.05, 3.63) is 35.7 Å². The quantitative estimate of drug-likeness (QED) is 0.725. The highest BCUT2D eigenvalue weighted by molar-refractivity contribution is 5.50. The summed E-state index contributed by atoms with van der Waals surface area (Å²) in [5, 5.41) is 3.29. The zero-order chi connectivity index (χ0) is 19.3. The Morgan fingerprint density at radius 3 is 2.71 bits per heavy atom. The number of hydrogen-bond donors (Lipinski definition) is 1. The number of benzene rings is 1. The molecule has 4 rings (SSSR count). The van der Waals surface area contributed by atoms with E-state index in [2.05, 4.69) is 37.2 Å². The summed E-state index contributed by atoms with van der Waals surface area (Å²) in [5.41, 5.74) is 1.25. The van der Waals surface area contributed by atoms with Crippen LogP contribution in [0.2, 0.25) is 0 Å². The lowest BCUT2D eigenvalue weighted by Gasteiger charge is -2.35. The van der Waals surface area contributed by atoms with E-state index in [4.69, 9.17) is 14.2 Å². The van der Waals surface area contributed by atoms with Crippen LogP contribution in [0.15, 0.2) is 24.3 Å². The van der Waals surface area contributed by atoms with Gasteiger partial charge in [0.25, 0.3) is 0 Å². The third-order valence-corrected chi connectivity index (χ3v) is 4.98. The molecular formula is C20H27N5O3. The van der Waals surface area contributed by atoms with Crippen molar-refractivity contribution in [3.8, 4) is 11.5 Å². The predicted octanol–water partition coefficient (Wildman–Crippen LogP) is 1.89. The molecule has 1 saturated heterocycles. The molecular weight excluding hydrogens is 358 g/mol. The van der Waals surface area contributed by atoms with Crippen LogP contribution in [0.4, 0.5) is 11.6 Å². The summed E-state index contributed by atoms with van der Waals surface area (Å²) in [6.45, 7) is 8.41. The summed E-state index contributed by atoms with van der Waals surface area (Å²) in [7, 11) is 1.70. The number of nitrogens with one attached hydrogen (secondary N) is 1. The van der Waals surface area contributed by atoms with Crippen molar-refractivity contribution in [2.75, 3.05) is 63.5 Å². The molecule has 8 nitrogen and oxygen atoms in total. The molecule has 0 amide bonds. The molecule has 28 heavy (non-hydrogen) atoms. The van der Waals surface area contributed by atoms with Gasteiger partial charge >= 0.3 is 0 Å². The highest BCUT2D eigenvalue weighted by Gasteiger charge is 2.20. The lowest BCUT2D eigenvalue weighted by molar-refractivity contribution is 0.174. The third kappa shape index (κ3) is 4.45. The van der Waals surface area contributed by atoms with Crippen LogP contribution in [-0.2, 0) is 11.3 Å². The molecule has 1 fully saturated rings. The molecule has 0 radical (unpaired) electrons. The smallest absolute Gasteiger partial charge is 0.231 e. The van der Waals surface area contributed by atoms with Crippen LogP contribution < -0.4 is 19.7 Å². The van der Waals surface area contributed by atoms with Crippen molar-refractivity contribution in [3.63, 3.8) is 0 Å². The van der Waals surface area contributed by atoms with Crippen LogP contribution in [-0.4, -0.2) is 68.1 Å². The molecule has 1 aromatic carbocycles. The topological polar surface area (TPSA) is 72.0 Å². The van der Waals surface area contributed by atoms with E-state index >= 15 is 0 Å². The van der Waals surface area contributed by atoms with Crippen LogP contribution in [0.3, 0.4) is 0 Å². The van der Waals surface area contributed by atoms with Crippen molar-refractivity contribution in [2.45, 2.75) is 13.5 Å². The van der Waals surface area contributed by atoms with Crippen molar-refractivity contribution < 1.29 is 14.2 Å². The molecule has 0 bridgehead atoms. The molecule has 2 aliphatic rings. The number of piperazine rings is 1. The van der Waals surface area contributed by atoms with E-state index in [0.29, 0.717) is 13.4 Å². The molecule has 3 heterocycles. The van der Waals surface area contributed by atoms with E-state index in [1.165, 1.54) is 5.56 Å². The first-order chi connectivity index (χ1) is 13.7. The first kappa shape index (κ1) is 18.8. The highest BCUT2D eigenvalue weighted by atomic mass is 16.7. The average Bonchev–Trinajstić information content (AvgIpc) is 3.16. The normalized spacial score (nSPS) is 16.4. The van der Waals surface area contributed by atoms with Crippen molar-refractivity contribution in [2.24, 2.45) is 0 Å². The number of aromatic nitrogens is 2. The Kier molecular flexibility index (Phi) is 5.78. The van der Waals surface area contributed by atoms with Gasteiger partial charge in [0.2, 0.25) is 6.79 Å². The number of nitrogens with zero attached hydrogens (tertiary/aromatic N) is 4. The minimum absolute atomic E-state index is 0.318. The molecule has 2 aliphatic heterocycles. The Balaban J connectivity index is 1.33. The zero-order valence-electron chi connectivity index (χ0n) is 16.5. The van der Waals surface area contributed by atoms with Gasteiger partial charge in [-0.2, -0.15) is 0 Å². The second-order valence-electron chi connectivity index (χ2n) is 7.03. The Morgan fingerprint density at radius 2 is 1.89 bits per heavy atom. The SMILES string of the molecule is COCCNc1cc(N2CCN(Cc3ccc4c(c3)OCO4)CC2)nc(C)n1. The van der Waals surface area contributed by atoms with Gasteiger partial charge in [0.1, 0.15) is 17.5 Å². The van der Waals surface area contributed by atoms with Gasteiger partial charge in [0, 0.05) is 52.4 Å². The summed E-state index contributed by atoms with van der Waals surface area (Å²) >= 11 is 0. The van der Waals surface area contributed by atoms with E-state index in [0.717, 1.165) is 68.2 Å². The Bertz CT molecular complexity index is 808. The third-order valence-electron chi connectivity index (χ3n) is 4.98. The van der Waals surface area contributed by atoms with Gasteiger partial charge in [0.15, 0.2) is 11.5 Å². The monoisotopic (exact) mass is 385 g/mol. The number of aryl methyl sites for hydroxylation is 1. The second-order valence-corrected chi connectivity index (χ2v) is 7.03. The molecule has 0 spiro atoms. The number of methoxy groups -OCH3 is 1. The van der Waals surface area contributed by atoms with E-state index in [1.54, 1.807) is 7.11 Å². The Labute approximate surface area is 165 Å². The number of rotatable bonds is 7. The molecule has 0 aliphatic carbocycles. The predicted molar refractivity (Wildman–Crippen MR) is 107 cm³/mol. The number of anilines is 2. The minimum Gasteiger partial charge on any atom is -0.454 e. The van der Waals surface area contributed by atoms with Crippen LogP contribution in [0.5, 0.6) is 11.5 Å². The van der Waals surface area contributed by atoms with Crippen molar-refractivity contribution in [1.29, 1.82) is 0 Å². The molecule has 1 N–H and O–H groups in total. The maximum Gasteiger partial charge on any atom is 0.231 e.